The number of alkyl halides is 3. The van der Waals surface area contributed by atoms with Crippen LogP contribution < -0.4 is 4.72 Å². The molecule has 0 saturated carbocycles. The summed E-state index contributed by atoms with van der Waals surface area (Å²) in [6.45, 7) is 3.62. The molecule has 2 N–H and O–H groups in total. The molecule has 0 atom stereocenters. The van der Waals surface area contributed by atoms with Gasteiger partial charge in [0.1, 0.15) is 10.6 Å². The van der Waals surface area contributed by atoms with E-state index in [-0.39, 0.29) is 27.4 Å². The molecule has 0 saturated heterocycles. The third-order valence-corrected chi connectivity index (χ3v) is 5.03. The monoisotopic (exact) mass is 373 g/mol. The second kappa shape index (κ2) is 5.80. The highest BCUT2D eigenvalue weighted by atomic mass is 32.2. The maximum Gasteiger partial charge on any atom is 0.416 e. The average Bonchev–Trinajstić information content (AvgIpc) is 3.11. The molecule has 2 heterocycles. The fourth-order valence-corrected chi connectivity index (χ4v) is 3.67. The molecule has 10 heteroatoms. The van der Waals surface area contributed by atoms with Crippen LogP contribution in [0, 0.1) is 0 Å². The molecular weight excluding hydrogens is 359 g/mol. The summed E-state index contributed by atoms with van der Waals surface area (Å²) < 4.78 is 70.9. The van der Waals surface area contributed by atoms with Gasteiger partial charge in [0, 0.05) is 23.0 Å². The summed E-state index contributed by atoms with van der Waals surface area (Å²) >= 11 is 0. The van der Waals surface area contributed by atoms with E-state index in [9.17, 15) is 21.6 Å². The van der Waals surface area contributed by atoms with Crippen LogP contribution in [0.4, 0.5) is 18.9 Å². The number of nitrogens with zero attached hydrogens (tertiary/aromatic N) is 1. The van der Waals surface area contributed by atoms with E-state index in [1.165, 1.54) is 6.20 Å². The summed E-state index contributed by atoms with van der Waals surface area (Å²) in [5.74, 6) is 0.264. The van der Waals surface area contributed by atoms with Gasteiger partial charge in [0.2, 0.25) is 0 Å². The Morgan fingerprint density at radius 1 is 1.28 bits per heavy atom. The first kappa shape index (κ1) is 17.3. The molecule has 3 rings (SSSR count). The Bertz CT molecular complexity index is 1020. The van der Waals surface area contributed by atoms with Crippen molar-refractivity contribution in [3.8, 4) is 0 Å². The number of aromatic amines is 1. The molecule has 6 nitrogen and oxygen atoms in total. The zero-order valence-corrected chi connectivity index (χ0v) is 14.0. The number of benzene rings is 1. The van der Waals surface area contributed by atoms with Crippen molar-refractivity contribution in [3.63, 3.8) is 0 Å². The fourth-order valence-electron chi connectivity index (χ4n) is 2.44. The van der Waals surface area contributed by atoms with Gasteiger partial charge < -0.3 is 9.51 Å². The number of fused-ring (bicyclic) bond motifs is 1. The summed E-state index contributed by atoms with van der Waals surface area (Å²) in [6, 6.07) is 2.83. The van der Waals surface area contributed by atoms with Crippen LogP contribution in [0.2, 0.25) is 0 Å². The number of aromatic nitrogens is 2. The van der Waals surface area contributed by atoms with Gasteiger partial charge in [-0.2, -0.15) is 13.2 Å². The quantitative estimate of drug-likeness (QED) is 0.721. The first-order valence-electron chi connectivity index (χ1n) is 7.25. The van der Waals surface area contributed by atoms with Crippen LogP contribution in [0.5, 0.6) is 0 Å². The van der Waals surface area contributed by atoms with E-state index >= 15 is 0 Å². The zero-order valence-electron chi connectivity index (χ0n) is 13.2. The van der Waals surface area contributed by atoms with Crippen LogP contribution in [-0.2, 0) is 16.2 Å². The molecule has 0 amide bonds. The maximum atomic E-state index is 12.8. The van der Waals surface area contributed by atoms with Gasteiger partial charge in [0.15, 0.2) is 5.76 Å². The SMILES string of the molecule is CC(C)c1oncc1NS(=O)(=O)c1c[nH]c2cc(C(F)(F)F)ccc12. The minimum absolute atomic E-state index is 0.0737. The highest BCUT2D eigenvalue weighted by molar-refractivity contribution is 7.93. The Hall–Kier alpha value is -2.49. The normalized spacial score (nSPS) is 12.9. The summed E-state index contributed by atoms with van der Waals surface area (Å²) in [6.07, 6.45) is -2.12. The smallest absolute Gasteiger partial charge is 0.360 e. The minimum atomic E-state index is -4.51. The Morgan fingerprint density at radius 3 is 2.64 bits per heavy atom. The van der Waals surface area contributed by atoms with Crippen LogP contribution in [0.15, 0.2) is 40.0 Å². The Balaban J connectivity index is 2.02. The highest BCUT2D eigenvalue weighted by Gasteiger charge is 2.31. The number of rotatable bonds is 4. The molecule has 0 radical (unpaired) electrons. The highest BCUT2D eigenvalue weighted by Crippen LogP contribution is 2.34. The molecule has 0 aliphatic heterocycles. The Labute approximate surface area is 141 Å². The number of hydrogen-bond donors (Lipinski definition) is 2. The predicted octanol–water partition coefficient (Wildman–Crippen LogP) is 4.10. The number of sulfonamides is 1. The second-order valence-electron chi connectivity index (χ2n) is 5.77. The largest absolute Gasteiger partial charge is 0.416 e. The zero-order chi connectivity index (χ0) is 18.4. The third kappa shape index (κ3) is 3.21. The van der Waals surface area contributed by atoms with Gasteiger partial charge in [0.25, 0.3) is 10.0 Å². The standard InChI is InChI=1S/C15H14F3N3O3S/c1-8(2)14-12(6-20-24-14)21-25(22,23)13-7-19-11-5-9(15(16,17)18)3-4-10(11)13/h3-8,19,21H,1-2H3. The number of H-pyrrole nitrogens is 1. The van der Waals surface area contributed by atoms with Gasteiger partial charge >= 0.3 is 6.18 Å². The molecule has 25 heavy (non-hydrogen) atoms. The Kier molecular flexibility index (Phi) is 4.02. The van der Waals surface area contributed by atoms with E-state index in [1.54, 1.807) is 0 Å². The van der Waals surface area contributed by atoms with Gasteiger partial charge in [-0.25, -0.2) is 8.42 Å². The van der Waals surface area contributed by atoms with E-state index in [0.29, 0.717) is 5.76 Å². The molecule has 3 aromatic rings. The van der Waals surface area contributed by atoms with Gasteiger partial charge in [-0.3, -0.25) is 4.72 Å². The number of hydrogen-bond acceptors (Lipinski definition) is 4. The van der Waals surface area contributed by atoms with Crippen LogP contribution in [0.25, 0.3) is 10.9 Å². The number of halogens is 3. The van der Waals surface area contributed by atoms with Crippen LogP contribution in [-0.4, -0.2) is 18.6 Å². The van der Waals surface area contributed by atoms with E-state index in [4.69, 9.17) is 4.52 Å². The lowest BCUT2D eigenvalue weighted by Gasteiger charge is -2.09. The van der Waals surface area contributed by atoms with Crippen molar-refractivity contribution in [1.82, 2.24) is 10.1 Å². The second-order valence-corrected chi connectivity index (χ2v) is 7.43. The molecule has 0 bridgehead atoms. The maximum absolute atomic E-state index is 12.8. The van der Waals surface area contributed by atoms with Crippen molar-refractivity contribution in [2.24, 2.45) is 0 Å². The molecule has 0 unspecified atom stereocenters. The lowest BCUT2D eigenvalue weighted by atomic mass is 10.1. The van der Waals surface area contributed by atoms with Gasteiger partial charge in [-0.1, -0.05) is 25.1 Å². The predicted molar refractivity (Wildman–Crippen MR) is 84.7 cm³/mol. The van der Waals surface area contributed by atoms with Gasteiger partial charge in [-0.15, -0.1) is 0 Å². The molecule has 0 aliphatic carbocycles. The topological polar surface area (TPSA) is 88.0 Å². The van der Waals surface area contributed by atoms with Crippen LogP contribution >= 0.6 is 0 Å². The van der Waals surface area contributed by atoms with Crippen molar-refractivity contribution in [1.29, 1.82) is 0 Å². The average molecular weight is 373 g/mol. The summed E-state index contributed by atoms with van der Waals surface area (Å²) in [5, 5.41) is 3.73. The van der Waals surface area contributed by atoms with E-state index in [1.807, 2.05) is 13.8 Å². The van der Waals surface area contributed by atoms with Crippen molar-refractivity contribution in [2.45, 2.75) is 30.8 Å². The molecule has 0 spiro atoms. The van der Waals surface area contributed by atoms with E-state index in [0.717, 1.165) is 24.4 Å². The molecule has 0 aliphatic rings. The lowest BCUT2D eigenvalue weighted by molar-refractivity contribution is -0.137. The van der Waals surface area contributed by atoms with Crippen LogP contribution in [0.1, 0.15) is 31.1 Å². The van der Waals surface area contributed by atoms with Crippen molar-refractivity contribution >= 4 is 26.6 Å². The number of anilines is 1. The van der Waals surface area contributed by atoms with Crippen LogP contribution in [0.3, 0.4) is 0 Å². The lowest BCUT2D eigenvalue weighted by Crippen LogP contribution is -2.13. The van der Waals surface area contributed by atoms with Gasteiger partial charge in [-0.05, 0) is 12.1 Å². The van der Waals surface area contributed by atoms with E-state index < -0.39 is 21.8 Å². The fraction of sp³-hybridized carbons (Fsp3) is 0.267. The van der Waals surface area contributed by atoms with Crippen molar-refractivity contribution in [2.75, 3.05) is 4.72 Å². The minimum Gasteiger partial charge on any atom is -0.360 e. The van der Waals surface area contributed by atoms with E-state index in [2.05, 4.69) is 14.9 Å². The molecule has 2 aromatic heterocycles. The summed E-state index contributed by atoms with van der Waals surface area (Å²) in [4.78, 5) is 2.41. The molecule has 134 valence electrons. The van der Waals surface area contributed by atoms with Crippen molar-refractivity contribution in [3.05, 3.63) is 41.9 Å². The van der Waals surface area contributed by atoms with Gasteiger partial charge in [0.05, 0.1) is 11.8 Å². The number of nitrogens with one attached hydrogen (secondary N) is 2. The summed E-state index contributed by atoms with van der Waals surface area (Å²) in [7, 11) is -4.03. The van der Waals surface area contributed by atoms with Crippen molar-refractivity contribution < 1.29 is 26.1 Å². The Morgan fingerprint density at radius 2 is 2.00 bits per heavy atom. The molecular formula is C15H14F3N3O3S. The third-order valence-electron chi connectivity index (χ3n) is 3.63. The first-order chi connectivity index (χ1) is 11.6. The summed E-state index contributed by atoms with van der Waals surface area (Å²) in [5.41, 5.74) is -0.597. The first-order valence-corrected chi connectivity index (χ1v) is 8.73. The molecule has 0 fully saturated rings. The molecule has 1 aromatic carbocycles.